The fourth-order valence-electron chi connectivity index (χ4n) is 3.94. The molecule has 0 bridgehead atoms. The highest BCUT2D eigenvalue weighted by atomic mass is 16.5. The standard InChI is InChI=1S/C24H32N4O2/c1-26-14-16-27(17-15-26)19-24-25-22-7-3-4-8-23(22)28(24)13-5-6-18-30-21-11-9-20(29-2)10-12-21/h3-4,7-12H,5-6,13-19H2,1-2H3. The van der Waals surface area contributed by atoms with E-state index >= 15 is 0 Å². The van der Waals surface area contributed by atoms with Crippen molar-refractivity contribution in [1.29, 1.82) is 0 Å². The molecule has 6 heteroatoms. The van der Waals surface area contributed by atoms with E-state index in [-0.39, 0.29) is 0 Å². The van der Waals surface area contributed by atoms with Gasteiger partial charge in [0.05, 0.1) is 31.3 Å². The number of benzene rings is 2. The van der Waals surface area contributed by atoms with Crippen molar-refractivity contribution in [2.75, 3.05) is 46.9 Å². The first-order valence-electron chi connectivity index (χ1n) is 10.8. The van der Waals surface area contributed by atoms with Crippen molar-refractivity contribution in [3.63, 3.8) is 0 Å². The molecule has 0 radical (unpaired) electrons. The van der Waals surface area contributed by atoms with Crippen LogP contribution in [-0.2, 0) is 13.1 Å². The average Bonchev–Trinajstić information content (AvgIpc) is 3.12. The number of methoxy groups -OCH3 is 1. The predicted molar refractivity (Wildman–Crippen MR) is 120 cm³/mol. The molecular formula is C24H32N4O2. The Balaban J connectivity index is 1.34. The number of unbranched alkanes of at least 4 members (excludes halogenated alkanes) is 1. The minimum Gasteiger partial charge on any atom is -0.497 e. The van der Waals surface area contributed by atoms with E-state index in [1.165, 1.54) is 11.3 Å². The Bertz CT molecular complexity index is 930. The van der Waals surface area contributed by atoms with Crippen LogP contribution in [0.3, 0.4) is 0 Å². The minimum absolute atomic E-state index is 0.715. The second kappa shape index (κ2) is 9.96. The lowest BCUT2D eigenvalue weighted by Crippen LogP contribution is -2.44. The third kappa shape index (κ3) is 5.12. The smallest absolute Gasteiger partial charge is 0.124 e. The van der Waals surface area contributed by atoms with Crippen molar-refractivity contribution in [3.8, 4) is 11.5 Å². The Kier molecular flexibility index (Phi) is 6.87. The van der Waals surface area contributed by atoms with E-state index in [9.17, 15) is 0 Å². The molecule has 1 aliphatic rings. The average molecular weight is 409 g/mol. The van der Waals surface area contributed by atoms with Gasteiger partial charge in [0.2, 0.25) is 0 Å². The molecular weight excluding hydrogens is 376 g/mol. The fourth-order valence-corrected chi connectivity index (χ4v) is 3.94. The largest absolute Gasteiger partial charge is 0.497 e. The van der Waals surface area contributed by atoms with E-state index in [1.54, 1.807) is 7.11 Å². The van der Waals surface area contributed by atoms with Crippen molar-refractivity contribution >= 4 is 11.0 Å². The highest BCUT2D eigenvalue weighted by Crippen LogP contribution is 2.20. The predicted octanol–water partition coefficient (Wildman–Crippen LogP) is 3.65. The zero-order valence-corrected chi connectivity index (χ0v) is 18.1. The number of likely N-dealkylation sites (N-methyl/N-ethyl adjacent to an activating group) is 1. The Morgan fingerprint density at radius 1 is 0.900 bits per heavy atom. The highest BCUT2D eigenvalue weighted by Gasteiger charge is 2.18. The van der Waals surface area contributed by atoms with E-state index in [0.717, 1.165) is 69.1 Å². The summed E-state index contributed by atoms with van der Waals surface area (Å²) in [6.45, 7) is 7.07. The minimum atomic E-state index is 0.715. The maximum atomic E-state index is 5.88. The van der Waals surface area contributed by atoms with Crippen LogP contribution in [0.25, 0.3) is 11.0 Å². The van der Waals surface area contributed by atoms with Crippen LogP contribution in [0.2, 0.25) is 0 Å². The molecule has 0 N–H and O–H groups in total. The molecule has 0 unspecified atom stereocenters. The van der Waals surface area contributed by atoms with Crippen molar-refractivity contribution in [1.82, 2.24) is 19.4 Å². The molecule has 0 spiro atoms. The molecule has 160 valence electrons. The van der Waals surface area contributed by atoms with Gasteiger partial charge in [0, 0.05) is 32.7 Å². The Hall–Kier alpha value is -2.57. The van der Waals surface area contributed by atoms with Gasteiger partial charge in [0.15, 0.2) is 0 Å². The quantitative estimate of drug-likeness (QED) is 0.506. The summed E-state index contributed by atoms with van der Waals surface area (Å²) >= 11 is 0. The molecule has 1 aliphatic heterocycles. The number of hydrogen-bond donors (Lipinski definition) is 0. The molecule has 0 amide bonds. The van der Waals surface area contributed by atoms with Gasteiger partial charge in [-0.05, 0) is 56.3 Å². The van der Waals surface area contributed by atoms with Crippen LogP contribution in [0, 0.1) is 0 Å². The van der Waals surface area contributed by atoms with E-state index in [1.807, 2.05) is 24.3 Å². The Morgan fingerprint density at radius 3 is 2.40 bits per heavy atom. The third-order valence-electron chi connectivity index (χ3n) is 5.80. The van der Waals surface area contributed by atoms with Gasteiger partial charge in [-0.2, -0.15) is 0 Å². The first-order chi connectivity index (χ1) is 14.7. The summed E-state index contributed by atoms with van der Waals surface area (Å²) in [6.07, 6.45) is 2.07. The molecule has 4 rings (SSSR count). The lowest BCUT2D eigenvalue weighted by molar-refractivity contribution is 0.144. The number of aryl methyl sites for hydroxylation is 1. The van der Waals surface area contributed by atoms with Gasteiger partial charge in [-0.1, -0.05) is 12.1 Å². The van der Waals surface area contributed by atoms with Crippen LogP contribution < -0.4 is 9.47 Å². The third-order valence-corrected chi connectivity index (χ3v) is 5.80. The number of piperazine rings is 1. The van der Waals surface area contributed by atoms with Gasteiger partial charge in [0.1, 0.15) is 17.3 Å². The summed E-state index contributed by atoms with van der Waals surface area (Å²) in [5.41, 5.74) is 2.33. The highest BCUT2D eigenvalue weighted by molar-refractivity contribution is 5.75. The number of fused-ring (bicyclic) bond motifs is 1. The van der Waals surface area contributed by atoms with Crippen LogP contribution in [0.5, 0.6) is 11.5 Å². The second-order valence-electron chi connectivity index (χ2n) is 7.98. The first kappa shape index (κ1) is 20.7. The number of aromatic nitrogens is 2. The summed E-state index contributed by atoms with van der Waals surface area (Å²) in [7, 11) is 3.87. The molecule has 2 aromatic carbocycles. The van der Waals surface area contributed by atoms with Gasteiger partial charge >= 0.3 is 0 Å². The molecule has 1 fully saturated rings. The molecule has 1 aromatic heterocycles. The maximum absolute atomic E-state index is 5.88. The van der Waals surface area contributed by atoms with E-state index < -0.39 is 0 Å². The zero-order valence-electron chi connectivity index (χ0n) is 18.1. The number of rotatable bonds is 9. The van der Waals surface area contributed by atoms with Gasteiger partial charge in [0.25, 0.3) is 0 Å². The zero-order chi connectivity index (χ0) is 20.8. The summed E-state index contributed by atoms with van der Waals surface area (Å²) in [6, 6.07) is 16.2. The van der Waals surface area contributed by atoms with Crippen LogP contribution in [0.4, 0.5) is 0 Å². The van der Waals surface area contributed by atoms with Gasteiger partial charge < -0.3 is 18.9 Å². The molecule has 0 saturated carbocycles. The molecule has 0 aliphatic carbocycles. The molecule has 1 saturated heterocycles. The summed E-state index contributed by atoms with van der Waals surface area (Å²) < 4.78 is 13.5. The van der Waals surface area contributed by atoms with Crippen molar-refractivity contribution in [2.45, 2.75) is 25.9 Å². The lowest BCUT2D eigenvalue weighted by Gasteiger charge is -2.32. The van der Waals surface area contributed by atoms with Crippen LogP contribution in [0.1, 0.15) is 18.7 Å². The Morgan fingerprint density at radius 2 is 1.63 bits per heavy atom. The Labute approximate surface area is 179 Å². The van der Waals surface area contributed by atoms with E-state index in [4.69, 9.17) is 14.5 Å². The van der Waals surface area contributed by atoms with E-state index in [2.05, 4.69) is 45.7 Å². The number of hydrogen-bond acceptors (Lipinski definition) is 5. The van der Waals surface area contributed by atoms with Gasteiger partial charge in [-0.15, -0.1) is 0 Å². The summed E-state index contributed by atoms with van der Waals surface area (Å²) in [5, 5.41) is 0. The molecule has 0 atom stereocenters. The number of nitrogens with zero attached hydrogens (tertiary/aromatic N) is 4. The van der Waals surface area contributed by atoms with Crippen molar-refractivity contribution in [2.24, 2.45) is 0 Å². The fraction of sp³-hybridized carbons (Fsp3) is 0.458. The first-order valence-corrected chi connectivity index (χ1v) is 10.8. The maximum Gasteiger partial charge on any atom is 0.124 e. The monoisotopic (exact) mass is 408 g/mol. The van der Waals surface area contributed by atoms with Crippen molar-refractivity contribution < 1.29 is 9.47 Å². The van der Waals surface area contributed by atoms with Crippen LogP contribution in [-0.4, -0.2) is 66.3 Å². The molecule has 6 nitrogen and oxygen atoms in total. The lowest BCUT2D eigenvalue weighted by atomic mass is 10.3. The van der Waals surface area contributed by atoms with Crippen LogP contribution in [0.15, 0.2) is 48.5 Å². The van der Waals surface area contributed by atoms with Gasteiger partial charge in [-0.3, -0.25) is 4.90 Å². The van der Waals surface area contributed by atoms with Gasteiger partial charge in [-0.25, -0.2) is 4.98 Å². The number of para-hydroxylation sites is 2. The van der Waals surface area contributed by atoms with Crippen molar-refractivity contribution in [3.05, 3.63) is 54.4 Å². The number of imidazole rings is 1. The van der Waals surface area contributed by atoms with Crippen LogP contribution >= 0.6 is 0 Å². The topological polar surface area (TPSA) is 42.8 Å². The molecule has 2 heterocycles. The second-order valence-corrected chi connectivity index (χ2v) is 7.98. The molecule has 30 heavy (non-hydrogen) atoms. The molecule has 3 aromatic rings. The summed E-state index contributed by atoms with van der Waals surface area (Å²) in [4.78, 5) is 9.86. The normalized spacial score (nSPS) is 15.5. The number of ether oxygens (including phenoxy) is 2. The summed E-state index contributed by atoms with van der Waals surface area (Å²) in [5.74, 6) is 2.92. The van der Waals surface area contributed by atoms with E-state index in [0.29, 0.717) is 6.61 Å². The SMILES string of the molecule is COc1ccc(OCCCCn2c(CN3CCN(C)CC3)nc3ccccc32)cc1.